The van der Waals surface area contributed by atoms with Crippen LogP contribution in [-0.4, -0.2) is 31.3 Å². The number of aromatic nitrogens is 1. The van der Waals surface area contributed by atoms with Crippen LogP contribution < -0.4 is 9.46 Å². The zero-order valence-corrected chi connectivity index (χ0v) is 25.4. The van der Waals surface area contributed by atoms with E-state index < -0.39 is 21.2 Å². The number of hydrogen-bond donors (Lipinski definition) is 1. The van der Waals surface area contributed by atoms with Gasteiger partial charge < -0.3 is 9.30 Å². The summed E-state index contributed by atoms with van der Waals surface area (Å²) in [5.41, 5.74) is 7.38. The average Bonchev–Trinajstić information content (AvgIpc) is 3.79. The van der Waals surface area contributed by atoms with Gasteiger partial charge in [-0.2, -0.15) is 0 Å². The Balaban J connectivity index is 1.62. The van der Waals surface area contributed by atoms with E-state index in [1.54, 1.807) is 13.2 Å². The molecule has 2 aromatic rings. The largest absolute Gasteiger partial charge is 0.497 e. The highest BCUT2D eigenvalue weighted by Crippen LogP contribution is 2.62. The van der Waals surface area contributed by atoms with E-state index in [0.717, 1.165) is 43.7 Å². The number of amides is 1. The highest BCUT2D eigenvalue weighted by molar-refractivity contribution is 7.91. The molecule has 2 atom stereocenters. The van der Waals surface area contributed by atoms with Crippen molar-refractivity contribution in [3.63, 3.8) is 0 Å². The minimum atomic E-state index is -3.66. The minimum absolute atomic E-state index is 0.102. The first-order valence-electron chi connectivity index (χ1n) is 15.1. The van der Waals surface area contributed by atoms with Crippen LogP contribution in [0, 0.1) is 12.3 Å². The SMILES string of the molecule is C=C(C)C12CCC1c1cc(OC)ccc1-c1c(C3CCCCC3)cccc(C(=O)NS(=O)(=O)C3CC3)cc(C)n1C2. The highest BCUT2D eigenvalue weighted by Gasteiger charge is 2.51. The van der Waals surface area contributed by atoms with Crippen molar-refractivity contribution in [2.45, 2.75) is 95.3 Å². The van der Waals surface area contributed by atoms with Gasteiger partial charge in [0.25, 0.3) is 5.91 Å². The summed E-state index contributed by atoms with van der Waals surface area (Å²) in [5.74, 6) is 1.04. The van der Waals surface area contributed by atoms with E-state index in [0.29, 0.717) is 30.2 Å². The van der Waals surface area contributed by atoms with Gasteiger partial charge in [0, 0.05) is 28.8 Å². The number of hydrogen-bond acceptors (Lipinski definition) is 4. The third-order valence-corrected chi connectivity index (χ3v) is 11.9. The smallest absolute Gasteiger partial charge is 0.264 e. The van der Waals surface area contributed by atoms with Crippen LogP contribution in [0.1, 0.15) is 104 Å². The molecule has 1 N–H and O–H groups in total. The Morgan fingerprint density at radius 1 is 1.02 bits per heavy atom. The van der Waals surface area contributed by atoms with Crippen molar-refractivity contribution in [3.8, 4) is 17.0 Å². The quantitative estimate of drug-likeness (QED) is 0.367. The molecular weight excluding hydrogens is 532 g/mol. The van der Waals surface area contributed by atoms with Crippen LogP contribution in [0.15, 0.2) is 54.6 Å². The Labute approximate surface area is 244 Å². The van der Waals surface area contributed by atoms with Gasteiger partial charge in [0.05, 0.1) is 18.1 Å². The van der Waals surface area contributed by atoms with E-state index in [9.17, 15) is 13.2 Å². The van der Waals surface area contributed by atoms with Crippen LogP contribution in [0.5, 0.6) is 5.75 Å². The molecule has 3 saturated carbocycles. The van der Waals surface area contributed by atoms with Crippen molar-refractivity contribution >= 4 is 15.9 Å². The molecule has 6 nitrogen and oxygen atoms in total. The number of aryl methyl sites for hydroxylation is 1. The van der Waals surface area contributed by atoms with Crippen LogP contribution in [0.4, 0.5) is 0 Å². The molecule has 1 aliphatic heterocycles. The Kier molecular flexibility index (Phi) is 7.29. The summed E-state index contributed by atoms with van der Waals surface area (Å²) < 4.78 is 35.7. The molecule has 3 aliphatic carbocycles. The number of fused-ring (bicyclic) bond motifs is 5. The van der Waals surface area contributed by atoms with Gasteiger partial charge in [-0.1, -0.05) is 43.5 Å². The van der Waals surface area contributed by atoms with Gasteiger partial charge in [-0.25, -0.2) is 13.1 Å². The van der Waals surface area contributed by atoms with Gasteiger partial charge in [-0.15, -0.1) is 0 Å². The Bertz CT molecular complexity index is 1560. The molecule has 3 fully saturated rings. The van der Waals surface area contributed by atoms with Gasteiger partial charge in [-0.3, -0.25) is 4.79 Å². The number of benzene rings is 1. The van der Waals surface area contributed by atoms with Crippen molar-refractivity contribution in [1.82, 2.24) is 9.29 Å². The van der Waals surface area contributed by atoms with Gasteiger partial charge in [0.15, 0.2) is 0 Å². The summed E-state index contributed by atoms with van der Waals surface area (Å²) in [6.45, 7) is 9.47. The number of rotatable bonds is 6. The molecule has 1 aromatic heterocycles. The molecule has 4 aliphatic rings. The number of carbonyl (C=O) groups excluding carboxylic acids is 1. The first-order valence-corrected chi connectivity index (χ1v) is 16.7. The van der Waals surface area contributed by atoms with Crippen LogP contribution in [0.25, 0.3) is 11.3 Å². The Hall–Kier alpha value is -3.06. The molecular formula is C34H42N2O4S. The number of carbonyl (C=O) groups is 1. The molecule has 2 unspecified atom stereocenters. The van der Waals surface area contributed by atoms with Crippen molar-refractivity contribution in [1.29, 1.82) is 0 Å². The molecule has 0 spiro atoms. The Morgan fingerprint density at radius 2 is 1.78 bits per heavy atom. The van der Waals surface area contributed by atoms with E-state index in [1.807, 2.05) is 12.1 Å². The van der Waals surface area contributed by atoms with Crippen molar-refractivity contribution < 1.29 is 17.9 Å². The number of allylic oxidation sites excluding steroid dienone is 1. The zero-order chi connectivity index (χ0) is 28.9. The molecule has 6 rings (SSSR count). The third-order valence-electron chi connectivity index (χ3n) is 10.1. The van der Waals surface area contributed by atoms with Crippen LogP contribution in [0.2, 0.25) is 0 Å². The molecule has 2 heterocycles. The minimum Gasteiger partial charge on any atom is -0.497 e. The molecule has 218 valence electrons. The number of sulfonamides is 1. The van der Waals surface area contributed by atoms with E-state index in [-0.39, 0.29) is 5.41 Å². The van der Waals surface area contributed by atoms with Gasteiger partial charge in [0.1, 0.15) is 5.75 Å². The van der Waals surface area contributed by atoms with Gasteiger partial charge >= 0.3 is 0 Å². The normalized spacial score (nSPS) is 23.5. The van der Waals surface area contributed by atoms with Crippen LogP contribution >= 0.6 is 0 Å². The summed E-state index contributed by atoms with van der Waals surface area (Å²) in [4.78, 5) is 13.4. The lowest BCUT2D eigenvalue weighted by Gasteiger charge is -2.50. The topological polar surface area (TPSA) is 77.4 Å². The van der Waals surface area contributed by atoms with Crippen molar-refractivity contribution in [2.75, 3.05) is 7.11 Å². The second kappa shape index (κ2) is 10.6. The summed E-state index contributed by atoms with van der Waals surface area (Å²) >= 11 is 0. The van der Waals surface area contributed by atoms with Crippen LogP contribution in [-0.2, 0) is 16.6 Å². The standard InChI is InChI=1S/C34H42N2O4S/c1-22(2)34-18-17-31(34)30-20-26(40-4)13-16-29(30)32-28(24-9-6-5-7-10-24)12-8-11-25(19-23(3)36(32)21-34)33(37)35-41(38,39)27-14-15-27/h8,11-13,16,19-20,24,27,31H,1,5-7,9-10,14-15,17-18,21H2,2-4H3,(H,35,37). The third kappa shape index (κ3) is 5.00. The lowest BCUT2D eigenvalue weighted by atomic mass is 9.54. The van der Waals surface area contributed by atoms with Crippen LogP contribution in [0.3, 0.4) is 0 Å². The molecule has 0 saturated heterocycles. The summed E-state index contributed by atoms with van der Waals surface area (Å²) in [6.07, 6.45) is 9.32. The fourth-order valence-electron chi connectivity index (χ4n) is 7.44. The first kappa shape index (κ1) is 28.1. The highest BCUT2D eigenvalue weighted by atomic mass is 32.2. The maximum absolute atomic E-state index is 13.4. The molecule has 1 amide bonds. The maximum atomic E-state index is 13.4. The fourth-order valence-corrected chi connectivity index (χ4v) is 8.74. The maximum Gasteiger partial charge on any atom is 0.264 e. The first-order chi connectivity index (χ1) is 19.6. The number of nitrogens with one attached hydrogen (secondary N) is 1. The second-order valence-electron chi connectivity index (χ2n) is 12.6. The zero-order valence-electron chi connectivity index (χ0n) is 24.5. The molecule has 0 radical (unpaired) electrons. The van der Waals surface area contributed by atoms with E-state index >= 15 is 0 Å². The number of methoxy groups -OCH3 is 1. The molecule has 7 heteroatoms. The lowest BCUT2D eigenvalue weighted by Crippen LogP contribution is -2.42. The van der Waals surface area contributed by atoms with E-state index in [1.165, 1.54) is 47.2 Å². The van der Waals surface area contributed by atoms with E-state index in [4.69, 9.17) is 4.74 Å². The average molecular weight is 575 g/mol. The predicted molar refractivity (Wildman–Crippen MR) is 163 cm³/mol. The summed E-state index contributed by atoms with van der Waals surface area (Å²) in [5, 5.41) is -0.458. The van der Waals surface area contributed by atoms with Gasteiger partial charge in [-0.05, 0) is 106 Å². The fraction of sp³-hybridized carbons (Fsp3) is 0.500. The van der Waals surface area contributed by atoms with Gasteiger partial charge in [0.2, 0.25) is 10.0 Å². The predicted octanol–water partition coefficient (Wildman–Crippen LogP) is 7.32. The molecule has 1 aromatic carbocycles. The summed E-state index contributed by atoms with van der Waals surface area (Å²) in [6, 6.07) is 14.3. The number of nitrogens with zero attached hydrogens (tertiary/aromatic N) is 1. The van der Waals surface area contributed by atoms with Crippen molar-refractivity contribution in [2.24, 2.45) is 5.41 Å². The monoisotopic (exact) mass is 574 g/mol. The Morgan fingerprint density at radius 3 is 2.41 bits per heavy atom. The molecule has 0 bridgehead atoms. The summed E-state index contributed by atoms with van der Waals surface area (Å²) in [7, 11) is -1.93. The number of ether oxygens (including phenoxy) is 1. The van der Waals surface area contributed by atoms with E-state index in [2.05, 4.69) is 54.0 Å². The second-order valence-corrected chi connectivity index (χ2v) is 14.6. The van der Waals surface area contributed by atoms with Crippen molar-refractivity contribution in [3.05, 3.63) is 77.0 Å². The molecule has 41 heavy (non-hydrogen) atoms. The lowest BCUT2D eigenvalue weighted by molar-refractivity contribution is 0.0981.